The Morgan fingerprint density at radius 1 is 1.21 bits per heavy atom. The molecule has 1 fully saturated rings. The molecular formula is C21H23ClFN3O3. The van der Waals surface area contributed by atoms with Crippen molar-refractivity contribution in [2.45, 2.75) is 32.5 Å². The van der Waals surface area contributed by atoms with Gasteiger partial charge in [0.25, 0.3) is 0 Å². The zero-order valence-corrected chi connectivity index (χ0v) is 17.2. The molecule has 1 aliphatic rings. The van der Waals surface area contributed by atoms with Gasteiger partial charge in [-0.05, 0) is 50.1 Å². The number of nitrogens with zero attached hydrogens (tertiary/aromatic N) is 1. The second-order valence-corrected chi connectivity index (χ2v) is 7.65. The zero-order chi connectivity index (χ0) is 21.1. The molecule has 6 nitrogen and oxygen atoms in total. The monoisotopic (exact) mass is 419 g/mol. The van der Waals surface area contributed by atoms with Crippen LogP contribution in [0, 0.1) is 11.7 Å². The lowest BCUT2D eigenvalue weighted by molar-refractivity contribution is -0.133. The maximum absolute atomic E-state index is 14.3. The molecule has 29 heavy (non-hydrogen) atoms. The number of rotatable bonds is 6. The van der Waals surface area contributed by atoms with Gasteiger partial charge in [0.15, 0.2) is 11.6 Å². The summed E-state index contributed by atoms with van der Waals surface area (Å²) in [7, 11) is 1.43. The topological polar surface area (TPSA) is 70.7 Å². The molecule has 0 bridgehead atoms. The number of benzene rings is 2. The number of urea groups is 1. The number of halogens is 2. The van der Waals surface area contributed by atoms with E-state index >= 15 is 0 Å². The van der Waals surface area contributed by atoms with E-state index in [0.717, 1.165) is 10.5 Å². The average Bonchev–Trinajstić information content (AvgIpc) is 2.66. The van der Waals surface area contributed by atoms with Crippen molar-refractivity contribution in [1.29, 1.82) is 0 Å². The van der Waals surface area contributed by atoms with E-state index < -0.39 is 23.9 Å². The minimum absolute atomic E-state index is 0.145. The van der Waals surface area contributed by atoms with Crippen LogP contribution in [0.5, 0.6) is 5.75 Å². The lowest BCUT2D eigenvalue weighted by atomic mass is 9.93. The molecule has 0 aliphatic carbocycles. The highest BCUT2D eigenvalue weighted by atomic mass is 35.5. The summed E-state index contributed by atoms with van der Waals surface area (Å²) >= 11 is 5.93. The predicted molar refractivity (Wildman–Crippen MR) is 110 cm³/mol. The van der Waals surface area contributed by atoms with Crippen LogP contribution in [0.2, 0.25) is 5.02 Å². The quantitative estimate of drug-likeness (QED) is 0.741. The average molecular weight is 420 g/mol. The van der Waals surface area contributed by atoms with Crippen LogP contribution in [-0.4, -0.2) is 36.2 Å². The Balaban J connectivity index is 1.82. The Bertz CT molecular complexity index is 905. The van der Waals surface area contributed by atoms with Gasteiger partial charge in [0.1, 0.15) is 6.17 Å². The lowest BCUT2D eigenvalue weighted by Crippen LogP contribution is -2.61. The summed E-state index contributed by atoms with van der Waals surface area (Å²) in [6.07, 6.45) is -0.467. The zero-order valence-electron chi connectivity index (χ0n) is 16.4. The molecule has 3 amide bonds. The maximum Gasteiger partial charge on any atom is 0.325 e. The van der Waals surface area contributed by atoms with E-state index in [-0.39, 0.29) is 17.8 Å². The summed E-state index contributed by atoms with van der Waals surface area (Å²) in [4.78, 5) is 25.9. The Morgan fingerprint density at radius 2 is 1.90 bits per heavy atom. The first kappa shape index (κ1) is 20.9. The van der Waals surface area contributed by atoms with Gasteiger partial charge in [0.05, 0.1) is 12.0 Å². The van der Waals surface area contributed by atoms with Gasteiger partial charge in [-0.25, -0.2) is 9.18 Å². The molecule has 2 aromatic carbocycles. The number of hydrogen-bond acceptors (Lipinski definition) is 4. The maximum atomic E-state index is 14.3. The van der Waals surface area contributed by atoms with Crippen molar-refractivity contribution in [1.82, 2.24) is 10.2 Å². The number of carbonyl (C=O) groups is 2. The molecular weight excluding hydrogens is 397 g/mol. The molecule has 2 unspecified atom stereocenters. The number of amides is 3. The summed E-state index contributed by atoms with van der Waals surface area (Å²) in [5.74, 6) is -1.27. The highest BCUT2D eigenvalue weighted by molar-refractivity contribution is 6.30. The summed E-state index contributed by atoms with van der Waals surface area (Å²) in [6, 6.07) is 11.1. The van der Waals surface area contributed by atoms with Crippen molar-refractivity contribution in [3.05, 3.63) is 58.9 Å². The molecule has 0 spiro atoms. The van der Waals surface area contributed by atoms with Gasteiger partial charge >= 0.3 is 6.03 Å². The highest BCUT2D eigenvalue weighted by Crippen LogP contribution is 2.26. The minimum atomic E-state index is -0.696. The molecule has 2 aromatic rings. The number of hydrogen-bond donors (Lipinski definition) is 2. The van der Waals surface area contributed by atoms with Crippen LogP contribution in [0.4, 0.5) is 14.9 Å². The third-order valence-corrected chi connectivity index (χ3v) is 4.87. The normalized spacial score (nSPS) is 19.3. The molecule has 0 radical (unpaired) electrons. The Morgan fingerprint density at radius 3 is 2.52 bits per heavy atom. The van der Waals surface area contributed by atoms with E-state index in [2.05, 4.69) is 10.6 Å². The fraction of sp³-hybridized carbons (Fsp3) is 0.333. The summed E-state index contributed by atoms with van der Waals surface area (Å²) in [5.41, 5.74) is 1.33. The van der Waals surface area contributed by atoms with Crippen LogP contribution >= 0.6 is 11.6 Å². The molecule has 0 saturated carbocycles. The Kier molecular flexibility index (Phi) is 6.27. The van der Waals surface area contributed by atoms with E-state index in [1.807, 2.05) is 26.0 Å². The Hall–Kier alpha value is -2.80. The largest absolute Gasteiger partial charge is 0.488 e. The first-order chi connectivity index (χ1) is 13.7. The molecule has 3 rings (SSSR count). The van der Waals surface area contributed by atoms with Crippen LogP contribution in [0.15, 0.2) is 42.5 Å². The number of imide groups is 1. The van der Waals surface area contributed by atoms with Crippen LogP contribution in [0.3, 0.4) is 0 Å². The van der Waals surface area contributed by atoms with Crippen LogP contribution in [0.25, 0.3) is 0 Å². The molecule has 2 atom stereocenters. The Labute approximate surface area is 174 Å². The molecule has 1 heterocycles. The van der Waals surface area contributed by atoms with E-state index in [9.17, 15) is 14.0 Å². The SMILES string of the molecule is CC(C)Oc1ccc(NC2NC(=O)N(C)C(=O)C2Cc2ccc(Cl)cc2)cc1F. The minimum Gasteiger partial charge on any atom is -0.488 e. The number of anilines is 1. The second kappa shape index (κ2) is 8.69. The smallest absolute Gasteiger partial charge is 0.325 e. The van der Waals surface area contributed by atoms with E-state index in [4.69, 9.17) is 16.3 Å². The van der Waals surface area contributed by atoms with Crippen LogP contribution < -0.4 is 15.4 Å². The molecule has 1 aliphatic heterocycles. The van der Waals surface area contributed by atoms with Crippen molar-refractivity contribution in [2.24, 2.45) is 5.92 Å². The molecule has 154 valence electrons. The molecule has 1 saturated heterocycles. The van der Waals surface area contributed by atoms with Crippen LogP contribution in [0.1, 0.15) is 19.4 Å². The number of nitrogens with one attached hydrogen (secondary N) is 2. The van der Waals surface area contributed by atoms with Crippen molar-refractivity contribution >= 4 is 29.2 Å². The van der Waals surface area contributed by atoms with Gasteiger partial charge in [-0.3, -0.25) is 9.69 Å². The van der Waals surface area contributed by atoms with E-state index in [1.54, 1.807) is 18.2 Å². The van der Waals surface area contributed by atoms with Gasteiger partial charge in [0, 0.05) is 23.8 Å². The number of ether oxygens (including phenoxy) is 1. The summed E-state index contributed by atoms with van der Waals surface area (Å²) in [6.45, 7) is 3.62. The first-order valence-electron chi connectivity index (χ1n) is 9.30. The van der Waals surface area contributed by atoms with Crippen molar-refractivity contribution in [3.8, 4) is 5.75 Å². The highest BCUT2D eigenvalue weighted by Gasteiger charge is 2.39. The fourth-order valence-corrected chi connectivity index (χ4v) is 3.28. The molecule has 2 N–H and O–H groups in total. The first-order valence-corrected chi connectivity index (χ1v) is 9.67. The third-order valence-electron chi connectivity index (χ3n) is 4.62. The summed E-state index contributed by atoms with van der Waals surface area (Å²) in [5, 5.41) is 6.43. The predicted octanol–water partition coefficient (Wildman–Crippen LogP) is 4.04. The summed E-state index contributed by atoms with van der Waals surface area (Å²) < 4.78 is 19.7. The van der Waals surface area contributed by atoms with Gasteiger partial charge in [-0.1, -0.05) is 23.7 Å². The van der Waals surface area contributed by atoms with Crippen molar-refractivity contribution < 1.29 is 18.7 Å². The second-order valence-electron chi connectivity index (χ2n) is 7.22. The van der Waals surface area contributed by atoms with Gasteiger partial charge in [-0.2, -0.15) is 0 Å². The lowest BCUT2D eigenvalue weighted by Gasteiger charge is -2.36. The fourth-order valence-electron chi connectivity index (χ4n) is 3.16. The van der Waals surface area contributed by atoms with Crippen molar-refractivity contribution in [2.75, 3.05) is 12.4 Å². The van der Waals surface area contributed by atoms with E-state index in [1.165, 1.54) is 19.2 Å². The van der Waals surface area contributed by atoms with Gasteiger partial charge in [-0.15, -0.1) is 0 Å². The van der Waals surface area contributed by atoms with Crippen molar-refractivity contribution in [3.63, 3.8) is 0 Å². The standard InChI is InChI=1S/C21H23ClFN3O3/c1-12(2)29-18-9-8-15(11-17(18)23)24-19-16(20(27)26(3)21(28)25-19)10-13-4-6-14(22)7-5-13/h4-9,11-12,16,19,24H,10H2,1-3H3,(H,25,28). The molecule has 8 heteroatoms. The van der Waals surface area contributed by atoms with Crippen LogP contribution in [-0.2, 0) is 11.2 Å². The molecule has 0 aromatic heterocycles. The van der Waals surface area contributed by atoms with Gasteiger partial charge in [0.2, 0.25) is 5.91 Å². The number of carbonyl (C=O) groups excluding carboxylic acids is 2. The third kappa shape index (κ3) is 4.98. The van der Waals surface area contributed by atoms with Gasteiger partial charge < -0.3 is 15.4 Å². The van der Waals surface area contributed by atoms with E-state index in [0.29, 0.717) is 17.1 Å².